The third kappa shape index (κ3) is 8.55. The van der Waals surface area contributed by atoms with Crippen molar-refractivity contribution in [2.24, 2.45) is 5.41 Å². The predicted molar refractivity (Wildman–Crippen MR) is 72.5 cm³/mol. The third-order valence-corrected chi connectivity index (χ3v) is 4.52. The van der Waals surface area contributed by atoms with Crippen LogP contribution in [0, 0.1) is 5.41 Å². The summed E-state index contributed by atoms with van der Waals surface area (Å²) in [6.45, 7) is 11.7. The van der Waals surface area contributed by atoms with Crippen molar-refractivity contribution in [3.8, 4) is 0 Å². The van der Waals surface area contributed by atoms with Crippen LogP contribution in [0.15, 0.2) is 0 Å². The normalized spacial score (nSPS) is 12.6. The van der Waals surface area contributed by atoms with Gasteiger partial charge in [0.1, 0.15) is 0 Å². The fourth-order valence-electron chi connectivity index (χ4n) is 1.49. The first kappa shape index (κ1) is 19.2. The van der Waals surface area contributed by atoms with Crippen LogP contribution >= 0.6 is 0 Å². The fraction of sp³-hybridized carbons (Fsp3) is 1.00. The number of sulfonamides is 1. The van der Waals surface area contributed by atoms with Crippen molar-refractivity contribution in [2.75, 3.05) is 18.8 Å². The molecule has 0 aromatic carbocycles. The highest BCUT2D eigenvalue weighted by atomic mass is 32.2. The Morgan fingerprint density at radius 2 is 1.53 bits per heavy atom. The van der Waals surface area contributed by atoms with Gasteiger partial charge in [-0.15, -0.1) is 0 Å². The number of nitrogens with zero attached hydrogens (tertiary/aromatic N) is 1. The highest BCUT2D eigenvalue weighted by Gasteiger charge is 2.22. The Morgan fingerprint density at radius 3 is 1.88 bits per heavy atom. The molecule has 0 N–H and O–H groups in total. The van der Waals surface area contributed by atoms with Crippen molar-refractivity contribution < 1.29 is 13.1 Å². The van der Waals surface area contributed by atoms with Gasteiger partial charge in [0.2, 0.25) is 10.0 Å². The summed E-state index contributed by atoms with van der Waals surface area (Å²) in [5.74, 6) is 0.275. The van der Waals surface area contributed by atoms with E-state index in [2.05, 4.69) is 20.8 Å². The zero-order valence-corrected chi connectivity index (χ0v) is 12.6. The number of rotatable bonds is 7. The minimum absolute atomic E-state index is 0. The maximum Gasteiger partial charge on any atom is 0.214 e. The van der Waals surface area contributed by atoms with Crippen LogP contribution < -0.4 is 0 Å². The summed E-state index contributed by atoms with van der Waals surface area (Å²) in [6, 6.07) is 0. The van der Waals surface area contributed by atoms with Crippen LogP contribution in [0.1, 0.15) is 53.9 Å². The van der Waals surface area contributed by atoms with Gasteiger partial charge < -0.3 is 0 Å². The molecule has 0 spiro atoms. The minimum Gasteiger partial charge on any atom is -0.269 e. The summed E-state index contributed by atoms with van der Waals surface area (Å²) in [6.07, 6.45) is 2.49. The molecule has 106 valence electrons. The van der Waals surface area contributed by atoms with Gasteiger partial charge in [-0.25, -0.2) is 12.7 Å². The second-order valence-corrected chi connectivity index (χ2v) is 7.61. The molecule has 17 heavy (non-hydrogen) atoms. The topological polar surface area (TPSA) is 37.4 Å². The smallest absolute Gasteiger partial charge is 0.214 e. The highest BCUT2D eigenvalue weighted by Crippen LogP contribution is 2.20. The highest BCUT2D eigenvalue weighted by molar-refractivity contribution is 7.89. The minimum atomic E-state index is -3.02. The van der Waals surface area contributed by atoms with Crippen LogP contribution in [-0.4, -0.2) is 31.6 Å². The Morgan fingerprint density at radius 1 is 1.00 bits per heavy atom. The zero-order valence-electron chi connectivity index (χ0n) is 11.8. The van der Waals surface area contributed by atoms with E-state index in [0.29, 0.717) is 19.5 Å². The average molecular weight is 269 g/mol. The van der Waals surface area contributed by atoms with Crippen LogP contribution in [-0.2, 0) is 10.0 Å². The molecule has 0 rings (SSSR count). The maximum atomic E-state index is 12.0. The molecule has 0 aliphatic heterocycles. The molecule has 0 atom stereocenters. The molecule has 0 bridgehead atoms. The van der Waals surface area contributed by atoms with Crippen LogP contribution in [0.3, 0.4) is 0 Å². The summed E-state index contributed by atoms with van der Waals surface area (Å²) in [5.41, 5.74) is 0.188. The van der Waals surface area contributed by atoms with Gasteiger partial charge in [-0.05, 0) is 24.7 Å². The second kappa shape index (κ2) is 8.03. The Labute approximate surface area is 106 Å². The molecule has 0 aliphatic rings. The maximum absolute atomic E-state index is 12.0. The van der Waals surface area contributed by atoms with Gasteiger partial charge in [-0.2, -0.15) is 0 Å². The average Bonchev–Trinajstić information content (AvgIpc) is 2.10. The van der Waals surface area contributed by atoms with E-state index >= 15 is 0 Å². The Balaban J connectivity index is 0. The monoisotopic (exact) mass is 269 g/mol. The molecule has 0 aliphatic carbocycles. The molecule has 0 aromatic heterocycles. The van der Waals surface area contributed by atoms with E-state index in [9.17, 15) is 8.42 Å². The molecular formula is C12H28FNO2S. The lowest BCUT2D eigenvalue weighted by atomic mass is 9.92. The lowest BCUT2D eigenvalue weighted by Gasteiger charge is -2.26. The molecule has 0 radical (unpaired) electrons. The predicted octanol–water partition coefficient (Wildman–Crippen LogP) is 3.03. The third-order valence-electron chi connectivity index (χ3n) is 2.44. The largest absolute Gasteiger partial charge is 0.269 e. The van der Waals surface area contributed by atoms with E-state index < -0.39 is 10.0 Å². The first-order chi connectivity index (χ1) is 7.23. The van der Waals surface area contributed by atoms with Gasteiger partial charge in [0.25, 0.3) is 0 Å². The molecule has 0 aromatic rings. The fourth-order valence-corrected chi connectivity index (χ4v) is 3.09. The first-order valence-corrected chi connectivity index (χ1v) is 7.81. The van der Waals surface area contributed by atoms with Crippen molar-refractivity contribution in [2.45, 2.75) is 53.9 Å². The number of hydrogen-bond donors (Lipinski definition) is 0. The van der Waals surface area contributed by atoms with Crippen LogP contribution in [0.2, 0.25) is 0 Å². The molecule has 0 unspecified atom stereocenters. The molecule has 0 fully saturated rings. The van der Waals surface area contributed by atoms with Crippen LogP contribution in [0.5, 0.6) is 0 Å². The molecular weight excluding hydrogens is 241 g/mol. The van der Waals surface area contributed by atoms with Crippen molar-refractivity contribution in [3.05, 3.63) is 0 Å². The summed E-state index contributed by atoms with van der Waals surface area (Å²) >= 11 is 0. The van der Waals surface area contributed by atoms with E-state index in [1.165, 1.54) is 0 Å². The summed E-state index contributed by atoms with van der Waals surface area (Å²) in [4.78, 5) is 0. The van der Waals surface area contributed by atoms with Gasteiger partial charge in [0, 0.05) is 13.1 Å². The molecule has 0 amide bonds. The standard InChI is InChI=1S/C12H27NO2S.FH/c1-6-9-13(10-8-12(3,4)5)16(14,15)11-7-2;/h6-11H2,1-5H3;1H. The summed E-state index contributed by atoms with van der Waals surface area (Å²) in [5, 5.41) is 0. The molecule has 0 saturated carbocycles. The Hall–Kier alpha value is -0.160. The van der Waals surface area contributed by atoms with Gasteiger partial charge in [0.15, 0.2) is 0 Å². The van der Waals surface area contributed by atoms with E-state index in [1.54, 1.807) is 4.31 Å². The molecule has 0 saturated heterocycles. The number of halogens is 1. The Kier molecular flexibility index (Phi) is 9.06. The van der Waals surface area contributed by atoms with Gasteiger partial charge in [0.05, 0.1) is 5.75 Å². The number of hydrogen-bond acceptors (Lipinski definition) is 2. The van der Waals surface area contributed by atoms with Crippen molar-refractivity contribution >= 4 is 10.0 Å². The van der Waals surface area contributed by atoms with E-state index in [4.69, 9.17) is 0 Å². The first-order valence-electron chi connectivity index (χ1n) is 6.20. The quantitative estimate of drug-likeness (QED) is 0.712. The summed E-state index contributed by atoms with van der Waals surface area (Å²) in [7, 11) is -3.02. The van der Waals surface area contributed by atoms with Crippen LogP contribution in [0.4, 0.5) is 4.70 Å². The van der Waals surface area contributed by atoms with Crippen molar-refractivity contribution in [1.82, 2.24) is 4.31 Å². The zero-order chi connectivity index (χ0) is 12.8. The van der Waals surface area contributed by atoms with Crippen LogP contribution in [0.25, 0.3) is 0 Å². The van der Waals surface area contributed by atoms with Gasteiger partial charge in [-0.1, -0.05) is 34.6 Å². The Bertz CT molecular complexity index is 283. The van der Waals surface area contributed by atoms with Crippen molar-refractivity contribution in [3.63, 3.8) is 0 Å². The van der Waals surface area contributed by atoms with E-state index in [1.807, 2.05) is 13.8 Å². The summed E-state index contributed by atoms with van der Waals surface area (Å²) < 4.78 is 25.6. The van der Waals surface area contributed by atoms with Gasteiger partial charge >= 0.3 is 0 Å². The lowest BCUT2D eigenvalue weighted by Crippen LogP contribution is -2.35. The lowest BCUT2D eigenvalue weighted by molar-refractivity contribution is 0.310. The molecule has 0 heterocycles. The molecule has 3 nitrogen and oxygen atoms in total. The second-order valence-electron chi connectivity index (χ2n) is 5.53. The SMILES string of the molecule is CCCN(CCC(C)(C)C)S(=O)(=O)CCC.F. The van der Waals surface area contributed by atoms with E-state index in [0.717, 1.165) is 12.8 Å². The van der Waals surface area contributed by atoms with Gasteiger partial charge in [-0.3, -0.25) is 4.70 Å². The molecule has 5 heteroatoms. The van der Waals surface area contributed by atoms with E-state index in [-0.39, 0.29) is 15.9 Å². The van der Waals surface area contributed by atoms with Crippen molar-refractivity contribution in [1.29, 1.82) is 0 Å².